The first-order chi connectivity index (χ1) is 7.61. The van der Waals surface area contributed by atoms with Crippen LogP contribution in [0.15, 0.2) is 18.5 Å². The van der Waals surface area contributed by atoms with E-state index in [1.807, 2.05) is 18.5 Å². The third-order valence-corrected chi connectivity index (χ3v) is 3.25. The Morgan fingerprint density at radius 2 is 2.25 bits per heavy atom. The second-order valence-corrected chi connectivity index (χ2v) is 4.73. The van der Waals surface area contributed by atoms with Gasteiger partial charge in [-0.2, -0.15) is 0 Å². The summed E-state index contributed by atoms with van der Waals surface area (Å²) in [7, 11) is 0. The van der Waals surface area contributed by atoms with Gasteiger partial charge in [-0.1, -0.05) is 13.8 Å². The van der Waals surface area contributed by atoms with Crippen LogP contribution in [0.25, 0.3) is 0 Å². The van der Waals surface area contributed by atoms with Crippen LogP contribution in [0, 0.1) is 12.3 Å². The molecular weight excluding hydrogens is 200 g/mol. The highest BCUT2D eigenvalue weighted by Gasteiger charge is 2.20. The summed E-state index contributed by atoms with van der Waals surface area (Å²) in [6.45, 7) is 8.15. The Morgan fingerprint density at radius 1 is 1.50 bits per heavy atom. The maximum absolute atomic E-state index is 9.28. The van der Waals surface area contributed by atoms with Crippen LogP contribution in [0.4, 0.5) is 0 Å². The van der Waals surface area contributed by atoms with E-state index >= 15 is 0 Å². The normalized spacial score (nSPS) is 14.8. The van der Waals surface area contributed by atoms with E-state index in [0.717, 1.165) is 19.5 Å². The molecule has 0 bridgehead atoms. The molecule has 1 aromatic rings. The van der Waals surface area contributed by atoms with Gasteiger partial charge in [0.15, 0.2) is 0 Å². The zero-order chi connectivity index (χ0) is 12.0. The Bertz CT molecular complexity index is 321. The fourth-order valence-corrected chi connectivity index (χ4v) is 1.47. The summed E-state index contributed by atoms with van der Waals surface area (Å²) in [6.07, 6.45) is 4.68. The molecule has 2 N–H and O–H groups in total. The standard InChI is InChI=1S/C13H22N2O/c1-4-13(3,10-16)9-15-8-12-7-14-6-5-11(12)2/h5-7,15-16H,4,8-10H2,1-3H3. The number of nitrogens with zero attached hydrogens (tertiary/aromatic N) is 1. The first-order valence-corrected chi connectivity index (χ1v) is 5.82. The van der Waals surface area contributed by atoms with Gasteiger partial charge in [0, 0.05) is 37.5 Å². The molecule has 0 fully saturated rings. The van der Waals surface area contributed by atoms with Crippen molar-refractivity contribution < 1.29 is 5.11 Å². The van der Waals surface area contributed by atoms with Crippen molar-refractivity contribution in [3.8, 4) is 0 Å². The third-order valence-electron chi connectivity index (χ3n) is 3.25. The van der Waals surface area contributed by atoms with Crippen LogP contribution in [0.5, 0.6) is 0 Å². The van der Waals surface area contributed by atoms with E-state index in [-0.39, 0.29) is 12.0 Å². The van der Waals surface area contributed by atoms with Gasteiger partial charge < -0.3 is 10.4 Å². The molecule has 3 nitrogen and oxygen atoms in total. The fraction of sp³-hybridized carbons (Fsp3) is 0.615. The highest BCUT2D eigenvalue weighted by molar-refractivity contribution is 5.20. The molecule has 0 aliphatic heterocycles. The van der Waals surface area contributed by atoms with Gasteiger partial charge in [-0.25, -0.2) is 0 Å². The lowest BCUT2D eigenvalue weighted by atomic mass is 9.88. The molecule has 1 rings (SSSR count). The number of aliphatic hydroxyl groups excluding tert-OH is 1. The van der Waals surface area contributed by atoms with Gasteiger partial charge >= 0.3 is 0 Å². The van der Waals surface area contributed by atoms with Gasteiger partial charge in [-0.05, 0) is 30.5 Å². The first kappa shape index (κ1) is 13.1. The second kappa shape index (κ2) is 5.97. The minimum absolute atomic E-state index is 0.0177. The van der Waals surface area contributed by atoms with Crippen molar-refractivity contribution in [2.24, 2.45) is 5.41 Å². The second-order valence-electron chi connectivity index (χ2n) is 4.73. The Hall–Kier alpha value is -0.930. The summed E-state index contributed by atoms with van der Waals surface area (Å²) in [5.74, 6) is 0. The topological polar surface area (TPSA) is 45.1 Å². The molecule has 1 aromatic heterocycles. The molecule has 1 atom stereocenters. The van der Waals surface area contributed by atoms with E-state index in [9.17, 15) is 5.11 Å². The summed E-state index contributed by atoms with van der Waals surface area (Å²) < 4.78 is 0. The molecule has 0 aromatic carbocycles. The van der Waals surface area contributed by atoms with Crippen LogP contribution in [-0.2, 0) is 6.54 Å². The number of hydrogen-bond donors (Lipinski definition) is 2. The van der Waals surface area contributed by atoms with Crippen molar-refractivity contribution in [2.75, 3.05) is 13.2 Å². The molecule has 0 spiro atoms. The van der Waals surface area contributed by atoms with Gasteiger partial charge in [0.05, 0.1) is 0 Å². The molecule has 1 unspecified atom stereocenters. The molecule has 0 amide bonds. The van der Waals surface area contributed by atoms with E-state index in [4.69, 9.17) is 0 Å². The highest BCUT2D eigenvalue weighted by atomic mass is 16.3. The van der Waals surface area contributed by atoms with Gasteiger partial charge in [0.2, 0.25) is 0 Å². The van der Waals surface area contributed by atoms with Crippen LogP contribution in [-0.4, -0.2) is 23.2 Å². The fourth-order valence-electron chi connectivity index (χ4n) is 1.47. The zero-order valence-electron chi connectivity index (χ0n) is 10.5. The van der Waals surface area contributed by atoms with Crippen LogP contribution < -0.4 is 5.32 Å². The van der Waals surface area contributed by atoms with Crippen molar-refractivity contribution in [3.63, 3.8) is 0 Å². The van der Waals surface area contributed by atoms with Gasteiger partial charge in [-0.3, -0.25) is 4.98 Å². The lowest BCUT2D eigenvalue weighted by Crippen LogP contribution is -2.34. The molecule has 16 heavy (non-hydrogen) atoms. The number of aliphatic hydroxyl groups is 1. The summed E-state index contributed by atoms with van der Waals surface area (Å²) in [5, 5.41) is 12.7. The number of hydrogen-bond acceptors (Lipinski definition) is 3. The molecule has 0 saturated carbocycles. The summed E-state index contributed by atoms with van der Waals surface area (Å²) in [6, 6.07) is 2.02. The van der Waals surface area contributed by atoms with Gasteiger partial charge in [0.1, 0.15) is 0 Å². The molecule has 0 radical (unpaired) electrons. The largest absolute Gasteiger partial charge is 0.396 e. The van der Waals surface area contributed by atoms with Crippen molar-refractivity contribution in [1.29, 1.82) is 0 Å². The van der Waals surface area contributed by atoms with Crippen LogP contribution in [0.2, 0.25) is 0 Å². The highest BCUT2D eigenvalue weighted by Crippen LogP contribution is 2.18. The molecule has 0 saturated heterocycles. The Labute approximate surface area is 97.9 Å². The van der Waals surface area contributed by atoms with Gasteiger partial charge in [-0.15, -0.1) is 0 Å². The van der Waals surface area contributed by atoms with Crippen molar-refractivity contribution in [3.05, 3.63) is 29.6 Å². The third kappa shape index (κ3) is 3.58. The van der Waals surface area contributed by atoms with Crippen LogP contribution in [0.1, 0.15) is 31.4 Å². The van der Waals surface area contributed by atoms with E-state index in [0.29, 0.717) is 0 Å². The molecular formula is C13H22N2O. The van der Waals surface area contributed by atoms with E-state index in [1.165, 1.54) is 11.1 Å². The summed E-state index contributed by atoms with van der Waals surface area (Å²) >= 11 is 0. The Kier molecular flexibility index (Phi) is 4.90. The molecule has 0 aliphatic rings. The molecule has 0 aliphatic carbocycles. The van der Waals surface area contributed by atoms with Crippen LogP contribution in [0.3, 0.4) is 0 Å². The average Bonchev–Trinajstić information content (AvgIpc) is 2.31. The van der Waals surface area contributed by atoms with Crippen LogP contribution >= 0.6 is 0 Å². The molecule has 1 heterocycles. The van der Waals surface area contributed by atoms with E-state index in [2.05, 4.69) is 31.1 Å². The summed E-state index contributed by atoms with van der Waals surface area (Å²) in [5.41, 5.74) is 2.46. The summed E-state index contributed by atoms with van der Waals surface area (Å²) in [4.78, 5) is 4.11. The molecule has 90 valence electrons. The van der Waals surface area contributed by atoms with E-state index in [1.54, 1.807) is 0 Å². The SMILES string of the molecule is CCC(C)(CO)CNCc1cnccc1C. The minimum atomic E-state index is -0.0177. The number of aryl methyl sites for hydroxylation is 1. The maximum atomic E-state index is 9.28. The quantitative estimate of drug-likeness (QED) is 0.772. The number of nitrogens with one attached hydrogen (secondary N) is 1. The van der Waals surface area contributed by atoms with Crippen molar-refractivity contribution in [1.82, 2.24) is 10.3 Å². The lowest BCUT2D eigenvalue weighted by Gasteiger charge is -2.26. The predicted molar refractivity (Wildman–Crippen MR) is 66.2 cm³/mol. The Morgan fingerprint density at radius 3 is 2.81 bits per heavy atom. The maximum Gasteiger partial charge on any atom is 0.0496 e. The lowest BCUT2D eigenvalue weighted by molar-refractivity contribution is 0.135. The van der Waals surface area contributed by atoms with Gasteiger partial charge in [0.25, 0.3) is 0 Å². The van der Waals surface area contributed by atoms with Crippen molar-refractivity contribution in [2.45, 2.75) is 33.7 Å². The number of rotatable bonds is 6. The number of pyridine rings is 1. The monoisotopic (exact) mass is 222 g/mol. The van der Waals surface area contributed by atoms with Crippen molar-refractivity contribution >= 4 is 0 Å². The van der Waals surface area contributed by atoms with E-state index < -0.39 is 0 Å². The number of aromatic nitrogens is 1. The Balaban J connectivity index is 2.44. The first-order valence-electron chi connectivity index (χ1n) is 5.82. The smallest absolute Gasteiger partial charge is 0.0496 e. The predicted octanol–water partition coefficient (Wildman–Crippen LogP) is 1.89. The minimum Gasteiger partial charge on any atom is -0.396 e. The average molecular weight is 222 g/mol. The zero-order valence-corrected chi connectivity index (χ0v) is 10.5. The molecule has 3 heteroatoms.